The number of hydrogen-bond acceptors (Lipinski definition) is 5. The van der Waals surface area contributed by atoms with E-state index in [2.05, 4.69) is 0 Å². The van der Waals surface area contributed by atoms with Gasteiger partial charge in [0, 0.05) is 31.0 Å². The molecule has 0 unspecified atom stereocenters. The van der Waals surface area contributed by atoms with E-state index < -0.39 is 29.7 Å². The van der Waals surface area contributed by atoms with Gasteiger partial charge in [-0.1, -0.05) is 48.0 Å². The van der Waals surface area contributed by atoms with Crippen LogP contribution in [0.5, 0.6) is 0 Å². The lowest BCUT2D eigenvalue weighted by Crippen LogP contribution is -2.56. The van der Waals surface area contributed by atoms with Crippen LogP contribution in [0.15, 0.2) is 54.6 Å². The maximum absolute atomic E-state index is 13.4. The molecule has 3 aromatic rings. The van der Waals surface area contributed by atoms with Gasteiger partial charge in [0.15, 0.2) is 0 Å². The van der Waals surface area contributed by atoms with Crippen molar-refractivity contribution in [1.82, 2.24) is 14.4 Å². The van der Waals surface area contributed by atoms with Gasteiger partial charge in [0.2, 0.25) is 11.8 Å². The lowest BCUT2D eigenvalue weighted by Gasteiger charge is -2.33. The number of ether oxygens (including phenoxy) is 1. The third-order valence-electron chi connectivity index (χ3n) is 6.28. The molecule has 4 amide bonds. The lowest BCUT2D eigenvalue weighted by molar-refractivity contribution is -0.143. The SMILES string of the molecule is CCOC(=O)c1c(C2C(=O)N(C)C(=O)N(C)C2=O)c(-c2ccccc2)n(-c2ccc(C)cc2)c1C. The van der Waals surface area contributed by atoms with Crippen molar-refractivity contribution < 1.29 is 23.9 Å². The van der Waals surface area contributed by atoms with E-state index in [1.807, 2.05) is 66.1 Å². The molecule has 2 aromatic carbocycles. The minimum absolute atomic E-state index is 0.124. The number of aryl methyl sites for hydroxylation is 1. The highest BCUT2D eigenvalue weighted by molar-refractivity contribution is 6.20. The van der Waals surface area contributed by atoms with Crippen molar-refractivity contribution in [2.45, 2.75) is 26.7 Å². The van der Waals surface area contributed by atoms with E-state index in [4.69, 9.17) is 4.74 Å². The van der Waals surface area contributed by atoms with Crippen molar-refractivity contribution in [2.75, 3.05) is 20.7 Å². The molecule has 0 spiro atoms. The summed E-state index contributed by atoms with van der Waals surface area (Å²) in [6, 6.07) is 16.3. The Morgan fingerprint density at radius 1 is 0.886 bits per heavy atom. The fraction of sp³-hybridized carbons (Fsp3) is 0.259. The summed E-state index contributed by atoms with van der Waals surface area (Å²) in [5.41, 5.74) is 3.97. The molecule has 1 aromatic heterocycles. The van der Waals surface area contributed by atoms with Gasteiger partial charge < -0.3 is 9.30 Å². The van der Waals surface area contributed by atoms with Crippen LogP contribution in [0.3, 0.4) is 0 Å². The van der Waals surface area contributed by atoms with Crippen LogP contribution in [-0.2, 0) is 14.3 Å². The molecule has 35 heavy (non-hydrogen) atoms. The largest absolute Gasteiger partial charge is 0.462 e. The van der Waals surface area contributed by atoms with E-state index in [1.54, 1.807) is 13.8 Å². The fourth-order valence-corrected chi connectivity index (χ4v) is 4.51. The van der Waals surface area contributed by atoms with E-state index in [9.17, 15) is 19.2 Å². The second-order valence-corrected chi connectivity index (χ2v) is 8.49. The molecular weight excluding hydrogens is 446 g/mol. The van der Waals surface area contributed by atoms with Gasteiger partial charge in [-0.3, -0.25) is 19.4 Å². The Morgan fingerprint density at radius 2 is 1.46 bits per heavy atom. The molecule has 8 nitrogen and oxygen atoms in total. The Bertz CT molecular complexity index is 1300. The van der Waals surface area contributed by atoms with Crippen LogP contribution in [-0.4, -0.2) is 58.9 Å². The van der Waals surface area contributed by atoms with Gasteiger partial charge in [-0.2, -0.15) is 0 Å². The van der Waals surface area contributed by atoms with E-state index >= 15 is 0 Å². The first-order chi connectivity index (χ1) is 16.7. The van der Waals surface area contributed by atoms with Gasteiger partial charge in [0.05, 0.1) is 17.9 Å². The smallest absolute Gasteiger partial charge is 0.340 e. The quantitative estimate of drug-likeness (QED) is 0.412. The summed E-state index contributed by atoms with van der Waals surface area (Å²) < 4.78 is 7.24. The number of rotatable bonds is 5. The zero-order valence-corrected chi connectivity index (χ0v) is 20.4. The number of amides is 4. The first kappa shape index (κ1) is 23.9. The summed E-state index contributed by atoms with van der Waals surface area (Å²) in [5.74, 6) is -3.41. The molecule has 180 valence electrons. The van der Waals surface area contributed by atoms with Crippen molar-refractivity contribution in [3.63, 3.8) is 0 Å². The topological polar surface area (TPSA) is 88.9 Å². The summed E-state index contributed by atoms with van der Waals surface area (Å²) in [7, 11) is 2.66. The molecule has 4 rings (SSSR count). The van der Waals surface area contributed by atoms with Gasteiger partial charge in [-0.05, 0) is 38.5 Å². The maximum atomic E-state index is 13.4. The number of urea groups is 1. The monoisotopic (exact) mass is 473 g/mol. The normalized spacial score (nSPS) is 14.6. The molecule has 8 heteroatoms. The molecular formula is C27H27N3O5. The summed E-state index contributed by atoms with van der Waals surface area (Å²) in [4.78, 5) is 54.4. The average molecular weight is 474 g/mol. The van der Waals surface area contributed by atoms with Crippen LogP contribution in [0.1, 0.15) is 40.0 Å². The van der Waals surface area contributed by atoms with Gasteiger partial charge in [-0.25, -0.2) is 9.59 Å². The second-order valence-electron chi connectivity index (χ2n) is 8.49. The van der Waals surface area contributed by atoms with Crippen LogP contribution in [0.4, 0.5) is 4.79 Å². The molecule has 0 N–H and O–H groups in total. The third-order valence-corrected chi connectivity index (χ3v) is 6.28. The van der Waals surface area contributed by atoms with E-state index in [0.29, 0.717) is 17.0 Å². The molecule has 0 radical (unpaired) electrons. The predicted octanol–water partition coefficient (Wildman–Crippen LogP) is 4.07. The number of nitrogens with zero attached hydrogens (tertiary/aromatic N) is 3. The second kappa shape index (κ2) is 9.21. The Kier molecular flexibility index (Phi) is 6.30. The predicted molar refractivity (Wildman–Crippen MR) is 130 cm³/mol. The molecule has 0 atom stereocenters. The summed E-state index contributed by atoms with van der Waals surface area (Å²) in [6.07, 6.45) is 0. The average Bonchev–Trinajstić information content (AvgIpc) is 3.15. The fourth-order valence-electron chi connectivity index (χ4n) is 4.51. The van der Waals surface area contributed by atoms with Gasteiger partial charge >= 0.3 is 12.0 Å². The number of aromatic nitrogens is 1. The molecule has 2 heterocycles. The molecule has 0 aliphatic carbocycles. The van der Waals surface area contributed by atoms with Crippen LogP contribution in [0.2, 0.25) is 0 Å². The number of barbiturate groups is 1. The summed E-state index contributed by atoms with van der Waals surface area (Å²) in [6.45, 7) is 5.55. The van der Waals surface area contributed by atoms with Gasteiger partial charge in [0.1, 0.15) is 5.92 Å². The number of carbonyl (C=O) groups is 4. The highest BCUT2D eigenvalue weighted by atomic mass is 16.5. The number of esters is 1. The molecule has 0 bridgehead atoms. The summed E-state index contributed by atoms with van der Waals surface area (Å²) in [5, 5.41) is 0. The molecule has 1 saturated heterocycles. The van der Waals surface area contributed by atoms with Crippen LogP contribution >= 0.6 is 0 Å². The van der Waals surface area contributed by atoms with E-state index in [1.165, 1.54) is 14.1 Å². The number of carbonyl (C=O) groups excluding carboxylic acids is 4. The molecule has 1 fully saturated rings. The first-order valence-electron chi connectivity index (χ1n) is 11.3. The van der Waals surface area contributed by atoms with Crippen molar-refractivity contribution in [3.8, 4) is 16.9 Å². The van der Waals surface area contributed by atoms with Gasteiger partial charge in [0.25, 0.3) is 0 Å². The first-order valence-corrected chi connectivity index (χ1v) is 11.3. The third kappa shape index (κ3) is 3.90. The number of hydrogen-bond donors (Lipinski definition) is 0. The molecule has 1 aliphatic rings. The highest BCUT2D eigenvalue weighted by Gasteiger charge is 2.47. The van der Waals surface area contributed by atoms with Crippen molar-refractivity contribution >= 4 is 23.8 Å². The number of imide groups is 2. The Balaban J connectivity index is 2.13. The highest BCUT2D eigenvalue weighted by Crippen LogP contribution is 2.41. The zero-order valence-electron chi connectivity index (χ0n) is 20.4. The lowest BCUT2D eigenvalue weighted by atomic mass is 9.88. The van der Waals surface area contributed by atoms with E-state index in [-0.39, 0.29) is 17.7 Å². The Labute approximate surface area is 203 Å². The number of likely N-dealkylation sites (N-methyl/N-ethyl adjacent to an activating group) is 2. The van der Waals surface area contributed by atoms with Crippen molar-refractivity contribution in [3.05, 3.63) is 77.0 Å². The number of benzene rings is 2. The van der Waals surface area contributed by atoms with Gasteiger partial charge in [-0.15, -0.1) is 0 Å². The standard InChI is InChI=1S/C27H27N3O5/c1-6-35-26(33)20-17(3)30(19-14-12-16(2)13-15-19)23(18-10-8-7-9-11-18)21(20)22-24(31)28(4)27(34)29(5)25(22)32/h7-15,22H,6H2,1-5H3. The minimum atomic E-state index is -1.39. The maximum Gasteiger partial charge on any atom is 0.340 e. The molecule has 1 aliphatic heterocycles. The minimum Gasteiger partial charge on any atom is -0.462 e. The zero-order chi connectivity index (χ0) is 25.4. The van der Waals surface area contributed by atoms with Crippen LogP contribution in [0.25, 0.3) is 16.9 Å². The Hall–Kier alpha value is -4.20. The van der Waals surface area contributed by atoms with Crippen LogP contribution in [0, 0.1) is 13.8 Å². The Morgan fingerprint density at radius 3 is 2.00 bits per heavy atom. The van der Waals surface area contributed by atoms with Crippen molar-refractivity contribution in [2.24, 2.45) is 0 Å². The van der Waals surface area contributed by atoms with Crippen molar-refractivity contribution in [1.29, 1.82) is 0 Å². The molecule has 0 saturated carbocycles. The van der Waals surface area contributed by atoms with Crippen LogP contribution < -0.4 is 0 Å². The summed E-state index contributed by atoms with van der Waals surface area (Å²) >= 11 is 0. The van der Waals surface area contributed by atoms with E-state index in [0.717, 1.165) is 21.1 Å².